The molecule has 0 N–H and O–H groups in total. The highest BCUT2D eigenvalue weighted by molar-refractivity contribution is 5.93. The maximum absolute atomic E-state index is 12.8. The first-order valence-corrected chi connectivity index (χ1v) is 7.07. The third-order valence-corrected chi connectivity index (χ3v) is 3.31. The lowest BCUT2D eigenvalue weighted by Crippen LogP contribution is -2.38. The summed E-state index contributed by atoms with van der Waals surface area (Å²) in [6.07, 6.45) is -2.10. The molecule has 0 aliphatic carbocycles. The molecule has 2 rings (SSSR count). The van der Waals surface area contributed by atoms with Gasteiger partial charge in [0.05, 0.1) is 0 Å². The molecule has 0 spiro atoms. The lowest BCUT2D eigenvalue weighted by Gasteiger charge is -2.22. The van der Waals surface area contributed by atoms with Crippen molar-refractivity contribution < 1.29 is 18.0 Å². The fourth-order valence-corrected chi connectivity index (χ4v) is 2.20. The summed E-state index contributed by atoms with van der Waals surface area (Å²) in [5.41, 5.74) is -1.97. The monoisotopic (exact) mass is 336 g/mol. The van der Waals surface area contributed by atoms with Crippen LogP contribution < -0.4 is 10.5 Å². The minimum absolute atomic E-state index is 0.177. The zero-order valence-corrected chi connectivity index (χ0v) is 12.7. The number of hydrogen-bond acceptors (Lipinski definition) is 2. The number of aromatic nitrogens is 1. The van der Waals surface area contributed by atoms with Crippen LogP contribution in [-0.4, -0.2) is 17.0 Å². The van der Waals surface area contributed by atoms with Gasteiger partial charge in [0.25, 0.3) is 5.56 Å². The first kappa shape index (κ1) is 17.5. The number of hydrogen-bond donors (Lipinski definition) is 0. The SMILES string of the molecule is C=CCN(C(=O)Cn1cccc(C(F)(F)F)c1=O)c1ccccc1. The van der Waals surface area contributed by atoms with Gasteiger partial charge in [0, 0.05) is 18.4 Å². The average molecular weight is 336 g/mol. The second-order valence-electron chi connectivity index (χ2n) is 4.98. The Morgan fingerprint density at radius 3 is 2.42 bits per heavy atom. The summed E-state index contributed by atoms with van der Waals surface area (Å²) in [6, 6.07) is 10.4. The van der Waals surface area contributed by atoms with Crippen LogP contribution in [0.1, 0.15) is 5.56 Å². The molecule has 0 unspecified atom stereocenters. The quantitative estimate of drug-likeness (QED) is 0.788. The van der Waals surface area contributed by atoms with Crippen LogP contribution in [0.3, 0.4) is 0 Å². The summed E-state index contributed by atoms with van der Waals surface area (Å²) in [6.45, 7) is 3.25. The van der Waals surface area contributed by atoms with E-state index < -0.39 is 29.8 Å². The van der Waals surface area contributed by atoms with E-state index in [0.29, 0.717) is 11.8 Å². The number of carbonyl (C=O) groups excluding carboxylic acids is 1. The average Bonchev–Trinajstić information content (AvgIpc) is 2.54. The molecule has 2 aromatic rings. The predicted molar refractivity (Wildman–Crippen MR) is 84.7 cm³/mol. The maximum Gasteiger partial charge on any atom is 0.421 e. The molecule has 0 bridgehead atoms. The van der Waals surface area contributed by atoms with Gasteiger partial charge in [-0.25, -0.2) is 0 Å². The fraction of sp³-hybridized carbons (Fsp3) is 0.176. The number of halogens is 3. The number of amides is 1. The Morgan fingerprint density at radius 2 is 1.83 bits per heavy atom. The maximum atomic E-state index is 12.8. The predicted octanol–water partition coefficient (Wildman–Crippen LogP) is 3.09. The molecule has 1 aromatic carbocycles. The summed E-state index contributed by atoms with van der Waals surface area (Å²) in [5.74, 6) is -0.512. The Bertz CT molecular complexity index is 782. The zero-order chi connectivity index (χ0) is 17.7. The second kappa shape index (κ2) is 7.16. The van der Waals surface area contributed by atoms with Crippen molar-refractivity contribution in [2.75, 3.05) is 11.4 Å². The molecule has 126 valence electrons. The van der Waals surface area contributed by atoms with Gasteiger partial charge in [0.1, 0.15) is 12.1 Å². The molecule has 1 heterocycles. The molecule has 0 fully saturated rings. The topological polar surface area (TPSA) is 42.3 Å². The van der Waals surface area contributed by atoms with Crippen molar-refractivity contribution in [3.63, 3.8) is 0 Å². The Hall–Kier alpha value is -2.83. The molecule has 0 aliphatic rings. The van der Waals surface area contributed by atoms with Crippen LogP contribution in [0.25, 0.3) is 0 Å². The zero-order valence-electron chi connectivity index (χ0n) is 12.7. The van der Waals surface area contributed by atoms with E-state index in [1.807, 2.05) is 0 Å². The van der Waals surface area contributed by atoms with E-state index in [1.54, 1.807) is 30.3 Å². The van der Waals surface area contributed by atoms with Gasteiger partial charge in [-0.2, -0.15) is 13.2 Å². The van der Waals surface area contributed by atoms with E-state index in [9.17, 15) is 22.8 Å². The molecule has 24 heavy (non-hydrogen) atoms. The van der Waals surface area contributed by atoms with E-state index in [1.165, 1.54) is 11.0 Å². The summed E-state index contributed by atoms with van der Waals surface area (Å²) < 4.78 is 39.1. The Morgan fingerprint density at radius 1 is 1.17 bits per heavy atom. The van der Waals surface area contributed by atoms with Crippen LogP contribution in [-0.2, 0) is 17.5 Å². The Balaban J connectivity index is 2.31. The molecule has 0 saturated heterocycles. The van der Waals surface area contributed by atoms with Crippen molar-refractivity contribution in [3.05, 3.63) is 77.2 Å². The smallest absolute Gasteiger partial charge is 0.307 e. The number of anilines is 1. The second-order valence-corrected chi connectivity index (χ2v) is 4.98. The molecular formula is C17H15F3N2O2. The van der Waals surface area contributed by atoms with E-state index in [2.05, 4.69) is 6.58 Å². The van der Waals surface area contributed by atoms with Crippen molar-refractivity contribution in [1.29, 1.82) is 0 Å². The van der Waals surface area contributed by atoms with E-state index in [-0.39, 0.29) is 6.54 Å². The molecule has 1 aromatic heterocycles. The lowest BCUT2D eigenvalue weighted by molar-refractivity contribution is -0.139. The Labute approximate surface area is 136 Å². The number of para-hydroxylation sites is 1. The van der Waals surface area contributed by atoms with Gasteiger partial charge < -0.3 is 9.47 Å². The number of rotatable bonds is 5. The van der Waals surface area contributed by atoms with Crippen molar-refractivity contribution in [2.24, 2.45) is 0 Å². The van der Waals surface area contributed by atoms with Gasteiger partial charge in [-0.15, -0.1) is 6.58 Å². The van der Waals surface area contributed by atoms with Gasteiger partial charge in [-0.3, -0.25) is 9.59 Å². The van der Waals surface area contributed by atoms with E-state index in [4.69, 9.17) is 0 Å². The van der Waals surface area contributed by atoms with Crippen molar-refractivity contribution >= 4 is 11.6 Å². The van der Waals surface area contributed by atoms with Crippen LogP contribution >= 0.6 is 0 Å². The summed E-state index contributed by atoms with van der Waals surface area (Å²) in [7, 11) is 0. The van der Waals surface area contributed by atoms with Crippen molar-refractivity contribution in [3.8, 4) is 0 Å². The summed E-state index contributed by atoms with van der Waals surface area (Å²) in [5, 5.41) is 0. The van der Waals surface area contributed by atoms with Crippen LogP contribution in [0, 0.1) is 0 Å². The van der Waals surface area contributed by atoms with E-state index >= 15 is 0 Å². The number of alkyl halides is 3. The molecule has 1 amide bonds. The number of pyridine rings is 1. The van der Waals surface area contributed by atoms with Crippen LogP contribution in [0.4, 0.5) is 18.9 Å². The number of carbonyl (C=O) groups is 1. The fourth-order valence-electron chi connectivity index (χ4n) is 2.20. The first-order chi connectivity index (χ1) is 11.3. The molecule has 0 atom stereocenters. The summed E-state index contributed by atoms with van der Waals surface area (Å²) in [4.78, 5) is 25.7. The van der Waals surface area contributed by atoms with Gasteiger partial charge >= 0.3 is 6.18 Å². The number of nitrogens with zero attached hydrogens (tertiary/aromatic N) is 2. The normalized spacial score (nSPS) is 11.1. The summed E-state index contributed by atoms with van der Waals surface area (Å²) >= 11 is 0. The highest BCUT2D eigenvalue weighted by atomic mass is 19.4. The minimum atomic E-state index is -4.76. The van der Waals surface area contributed by atoms with Gasteiger partial charge in [0.15, 0.2) is 0 Å². The molecule has 0 saturated carbocycles. The van der Waals surface area contributed by atoms with Crippen molar-refractivity contribution in [1.82, 2.24) is 4.57 Å². The largest absolute Gasteiger partial charge is 0.421 e. The minimum Gasteiger partial charge on any atom is -0.307 e. The molecule has 4 nitrogen and oxygen atoms in total. The van der Waals surface area contributed by atoms with Gasteiger partial charge in [-0.1, -0.05) is 24.3 Å². The highest BCUT2D eigenvalue weighted by Crippen LogP contribution is 2.26. The van der Waals surface area contributed by atoms with Crippen LogP contribution in [0.15, 0.2) is 66.1 Å². The highest BCUT2D eigenvalue weighted by Gasteiger charge is 2.34. The van der Waals surface area contributed by atoms with E-state index in [0.717, 1.165) is 16.8 Å². The van der Waals surface area contributed by atoms with Crippen molar-refractivity contribution in [2.45, 2.75) is 12.7 Å². The molecule has 7 heteroatoms. The van der Waals surface area contributed by atoms with Crippen LogP contribution in [0.5, 0.6) is 0 Å². The van der Waals surface area contributed by atoms with Crippen LogP contribution in [0.2, 0.25) is 0 Å². The number of benzene rings is 1. The lowest BCUT2D eigenvalue weighted by atomic mass is 10.2. The molecular weight excluding hydrogens is 321 g/mol. The van der Waals surface area contributed by atoms with Gasteiger partial charge in [0.2, 0.25) is 5.91 Å². The Kier molecular flexibility index (Phi) is 5.23. The first-order valence-electron chi connectivity index (χ1n) is 7.07. The van der Waals surface area contributed by atoms with Gasteiger partial charge in [-0.05, 0) is 24.3 Å². The molecule has 0 radical (unpaired) electrons. The third-order valence-electron chi connectivity index (χ3n) is 3.31. The third kappa shape index (κ3) is 3.92. The standard InChI is InChI=1S/C17H15F3N2O2/c1-2-10-22(13-7-4-3-5-8-13)15(23)12-21-11-6-9-14(16(21)24)17(18,19)20/h2-9,11H,1,10,12H2. The molecule has 0 aliphatic heterocycles.